The second-order valence-electron chi connectivity index (χ2n) is 3.26. The molecule has 0 atom stereocenters. The van der Waals surface area contributed by atoms with Gasteiger partial charge in [0.15, 0.2) is 0 Å². The smallest absolute Gasteiger partial charge is 0.0114 e. The van der Waals surface area contributed by atoms with Crippen molar-refractivity contribution in [3.8, 4) is 0 Å². The number of rotatable bonds is 0. The molecule has 0 heterocycles. The van der Waals surface area contributed by atoms with Gasteiger partial charge in [0.1, 0.15) is 0 Å². The van der Waals surface area contributed by atoms with Crippen molar-refractivity contribution in [3.05, 3.63) is 23.3 Å². The van der Waals surface area contributed by atoms with Crippen LogP contribution in [0.2, 0.25) is 0 Å². The van der Waals surface area contributed by atoms with Crippen LogP contribution in [0, 0.1) is 0 Å². The van der Waals surface area contributed by atoms with Crippen LogP contribution < -0.4 is 5.73 Å². The van der Waals surface area contributed by atoms with Crippen molar-refractivity contribution in [3.63, 3.8) is 0 Å². The van der Waals surface area contributed by atoms with Gasteiger partial charge >= 0.3 is 0 Å². The first kappa shape index (κ1) is 6.17. The standard InChI is InChI=1S/C9H13N/c10-9-5-7-3-1-2-4-8(7)6-9/h1-2,9H,3-6,10H2. The van der Waals surface area contributed by atoms with Crippen molar-refractivity contribution in [1.29, 1.82) is 0 Å². The maximum absolute atomic E-state index is 5.82. The van der Waals surface area contributed by atoms with Crippen LogP contribution in [0.25, 0.3) is 0 Å². The highest BCUT2D eigenvalue weighted by Crippen LogP contribution is 2.32. The van der Waals surface area contributed by atoms with Gasteiger partial charge in [-0.05, 0) is 25.7 Å². The van der Waals surface area contributed by atoms with Gasteiger partial charge in [0.05, 0.1) is 0 Å². The highest BCUT2D eigenvalue weighted by atomic mass is 14.6. The van der Waals surface area contributed by atoms with Crippen LogP contribution in [0.4, 0.5) is 0 Å². The molecule has 2 N–H and O–H groups in total. The number of allylic oxidation sites excluding steroid dienone is 2. The minimum Gasteiger partial charge on any atom is -0.327 e. The highest BCUT2D eigenvalue weighted by Gasteiger charge is 2.20. The van der Waals surface area contributed by atoms with Crippen molar-refractivity contribution in [1.82, 2.24) is 0 Å². The van der Waals surface area contributed by atoms with Crippen LogP contribution in [0.15, 0.2) is 23.3 Å². The van der Waals surface area contributed by atoms with E-state index in [1.807, 2.05) is 0 Å². The lowest BCUT2D eigenvalue weighted by molar-refractivity contribution is 0.707. The molecule has 1 nitrogen and oxygen atoms in total. The van der Waals surface area contributed by atoms with Crippen molar-refractivity contribution >= 4 is 0 Å². The van der Waals surface area contributed by atoms with Crippen molar-refractivity contribution in [2.45, 2.75) is 31.7 Å². The van der Waals surface area contributed by atoms with Gasteiger partial charge in [-0.2, -0.15) is 0 Å². The molecule has 0 saturated carbocycles. The SMILES string of the molecule is NC1CC2=C(CC=CC2)C1. The molecule has 0 saturated heterocycles. The minimum absolute atomic E-state index is 0.435. The fraction of sp³-hybridized carbons (Fsp3) is 0.556. The van der Waals surface area contributed by atoms with E-state index >= 15 is 0 Å². The number of hydrogen-bond acceptors (Lipinski definition) is 1. The second-order valence-corrected chi connectivity index (χ2v) is 3.26. The molecule has 0 aromatic carbocycles. The number of nitrogens with two attached hydrogens (primary N) is 1. The third-order valence-electron chi connectivity index (χ3n) is 2.41. The van der Waals surface area contributed by atoms with Crippen molar-refractivity contribution in [2.24, 2.45) is 5.73 Å². The second kappa shape index (κ2) is 2.24. The molecule has 0 fully saturated rings. The van der Waals surface area contributed by atoms with Crippen molar-refractivity contribution in [2.75, 3.05) is 0 Å². The minimum atomic E-state index is 0.435. The summed E-state index contributed by atoms with van der Waals surface area (Å²) in [6, 6.07) is 0.435. The molecule has 0 aromatic heterocycles. The van der Waals surface area contributed by atoms with Crippen LogP contribution in [-0.4, -0.2) is 6.04 Å². The summed E-state index contributed by atoms with van der Waals surface area (Å²) in [6.45, 7) is 0. The van der Waals surface area contributed by atoms with Gasteiger partial charge in [-0.15, -0.1) is 0 Å². The van der Waals surface area contributed by atoms with Gasteiger partial charge in [-0.25, -0.2) is 0 Å². The predicted octanol–water partition coefficient (Wildman–Crippen LogP) is 1.75. The van der Waals surface area contributed by atoms with E-state index in [2.05, 4.69) is 12.2 Å². The molecule has 0 aliphatic heterocycles. The lowest BCUT2D eigenvalue weighted by Crippen LogP contribution is -2.15. The maximum Gasteiger partial charge on any atom is 0.0114 e. The molecule has 0 amide bonds. The van der Waals surface area contributed by atoms with Crippen LogP contribution in [0.5, 0.6) is 0 Å². The molecule has 1 heteroatoms. The first-order valence-electron chi connectivity index (χ1n) is 3.96. The van der Waals surface area contributed by atoms with Crippen molar-refractivity contribution < 1.29 is 0 Å². The molecule has 2 aliphatic carbocycles. The summed E-state index contributed by atoms with van der Waals surface area (Å²) in [5.74, 6) is 0. The van der Waals surface area contributed by atoms with E-state index in [-0.39, 0.29) is 0 Å². The third kappa shape index (κ3) is 0.907. The Kier molecular flexibility index (Phi) is 1.38. The van der Waals surface area contributed by atoms with E-state index in [4.69, 9.17) is 5.73 Å². The summed E-state index contributed by atoms with van der Waals surface area (Å²) >= 11 is 0. The predicted molar refractivity (Wildman–Crippen MR) is 42.6 cm³/mol. The Morgan fingerprint density at radius 3 is 2.10 bits per heavy atom. The largest absolute Gasteiger partial charge is 0.327 e. The van der Waals surface area contributed by atoms with Gasteiger partial charge in [0.25, 0.3) is 0 Å². The quantitative estimate of drug-likeness (QED) is 0.503. The summed E-state index contributed by atoms with van der Waals surface area (Å²) in [4.78, 5) is 0. The zero-order chi connectivity index (χ0) is 6.97. The summed E-state index contributed by atoms with van der Waals surface area (Å²) in [7, 11) is 0. The zero-order valence-electron chi connectivity index (χ0n) is 6.14. The Bertz CT molecular complexity index is 181. The van der Waals surface area contributed by atoms with Crippen LogP contribution in [0.1, 0.15) is 25.7 Å². The van der Waals surface area contributed by atoms with E-state index in [0.29, 0.717) is 6.04 Å². The topological polar surface area (TPSA) is 26.0 Å². The van der Waals surface area contributed by atoms with Gasteiger partial charge in [0.2, 0.25) is 0 Å². The lowest BCUT2D eigenvalue weighted by Gasteiger charge is -2.06. The fourth-order valence-electron chi connectivity index (χ4n) is 1.90. The Labute approximate surface area is 61.6 Å². The molecule has 54 valence electrons. The van der Waals surface area contributed by atoms with E-state index in [9.17, 15) is 0 Å². The molecule has 0 unspecified atom stereocenters. The molecule has 10 heavy (non-hydrogen) atoms. The van der Waals surface area contributed by atoms with Crippen LogP contribution >= 0.6 is 0 Å². The molecule has 2 rings (SSSR count). The Hall–Kier alpha value is -0.560. The average molecular weight is 135 g/mol. The summed E-state index contributed by atoms with van der Waals surface area (Å²) in [5, 5.41) is 0. The van der Waals surface area contributed by atoms with Crippen LogP contribution in [-0.2, 0) is 0 Å². The van der Waals surface area contributed by atoms with E-state index in [1.165, 1.54) is 12.8 Å². The first-order chi connectivity index (χ1) is 4.86. The zero-order valence-corrected chi connectivity index (χ0v) is 6.14. The fourth-order valence-corrected chi connectivity index (χ4v) is 1.90. The van der Waals surface area contributed by atoms with E-state index in [0.717, 1.165) is 12.8 Å². The Balaban J connectivity index is 2.15. The number of hydrogen-bond donors (Lipinski definition) is 1. The van der Waals surface area contributed by atoms with E-state index < -0.39 is 0 Å². The Morgan fingerprint density at radius 1 is 1.10 bits per heavy atom. The highest BCUT2D eigenvalue weighted by molar-refractivity contribution is 5.29. The van der Waals surface area contributed by atoms with Gasteiger partial charge in [-0.3, -0.25) is 0 Å². The Morgan fingerprint density at radius 2 is 1.60 bits per heavy atom. The van der Waals surface area contributed by atoms with Gasteiger partial charge in [-0.1, -0.05) is 23.3 Å². The molecule has 0 spiro atoms. The molecule has 0 aromatic rings. The average Bonchev–Trinajstić information content (AvgIpc) is 2.27. The lowest BCUT2D eigenvalue weighted by atomic mass is 10.0. The maximum atomic E-state index is 5.82. The molecule has 0 radical (unpaired) electrons. The third-order valence-corrected chi connectivity index (χ3v) is 2.41. The molecule has 0 bridgehead atoms. The van der Waals surface area contributed by atoms with Gasteiger partial charge < -0.3 is 5.73 Å². The summed E-state index contributed by atoms with van der Waals surface area (Å²) < 4.78 is 0. The normalized spacial score (nSPS) is 25.7. The van der Waals surface area contributed by atoms with Gasteiger partial charge in [0, 0.05) is 6.04 Å². The molecular weight excluding hydrogens is 122 g/mol. The van der Waals surface area contributed by atoms with Crippen LogP contribution in [0.3, 0.4) is 0 Å². The molecule has 2 aliphatic rings. The monoisotopic (exact) mass is 135 g/mol. The van der Waals surface area contributed by atoms with E-state index in [1.54, 1.807) is 11.1 Å². The summed E-state index contributed by atoms with van der Waals surface area (Å²) in [5.41, 5.74) is 9.07. The summed E-state index contributed by atoms with van der Waals surface area (Å²) in [6.07, 6.45) is 9.17. The first-order valence-corrected chi connectivity index (χ1v) is 3.96. The molecular formula is C9H13N.